The number of nitrogens with zero attached hydrogens (tertiary/aromatic N) is 2. The van der Waals surface area contributed by atoms with Crippen molar-refractivity contribution in [1.82, 2.24) is 9.97 Å². The van der Waals surface area contributed by atoms with E-state index < -0.39 is 5.82 Å². The summed E-state index contributed by atoms with van der Waals surface area (Å²) < 4.78 is 20.2. The molecule has 0 saturated heterocycles. The molecule has 0 unspecified atom stereocenters. The lowest BCUT2D eigenvalue weighted by atomic mass is 9.80. The van der Waals surface area contributed by atoms with Gasteiger partial charge >= 0.3 is 5.97 Å². The first-order chi connectivity index (χ1) is 19.0. The minimum atomic E-state index is -0.580. The van der Waals surface area contributed by atoms with Crippen molar-refractivity contribution in [2.24, 2.45) is 11.8 Å². The molecular weight excluding hydrogens is 487 g/mol. The molecule has 2 aromatic carbocycles. The molecule has 0 aliphatic heterocycles. The van der Waals surface area contributed by atoms with E-state index in [1.54, 1.807) is 18.5 Å². The number of hydrogen-bond acceptors (Lipinski definition) is 4. The summed E-state index contributed by atoms with van der Waals surface area (Å²) in [5.74, 6) is -0.408. The van der Waals surface area contributed by atoms with Crippen molar-refractivity contribution in [3.63, 3.8) is 0 Å². The molecule has 1 aliphatic carbocycles. The van der Waals surface area contributed by atoms with Crippen LogP contribution in [0.25, 0.3) is 22.5 Å². The molecule has 0 amide bonds. The lowest BCUT2D eigenvalue weighted by Crippen LogP contribution is -2.29. The molecule has 2 atom stereocenters. The Bertz CT molecular complexity index is 1180. The van der Waals surface area contributed by atoms with Gasteiger partial charge in [-0.05, 0) is 60.9 Å². The van der Waals surface area contributed by atoms with E-state index in [0.29, 0.717) is 11.4 Å². The van der Waals surface area contributed by atoms with Crippen LogP contribution in [0, 0.1) is 17.7 Å². The Hall–Kier alpha value is -3.08. The zero-order chi connectivity index (χ0) is 27.5. The standard InChI is InChI=1S/C34H43FN2O2/c1-3-4-5-6-7-8-9-10-14-26-16-18-27(19-17-26)29-23-36-33(37-24-29)28-20-21-32(31(35)22-28)39-34(38)30-15-12-11-13-25(30)2/h16-25,30H,3-15H2,1-2H3/t25-,30+/m1/s1. The minimum absolute atomic E-state index is 0.0368. The van der Waals surface area contributed by atoms with Gasteiger partial charge in [-0.3, -0.25) is 4.79 Å². The number of benzene rings is 2. The molecule has 4 nitrogen and oxygen atoms in total. The van der Waals surface area contributed by atoms with Gasteiger partial charge in [-0.1, -0.05) is 95.9 Å². The average molecular weight is 531 g/mol. The van der Waals surface area contributed by atoms with Crippen LogP contribution in [0.5, 0.6) is 5.75 Å². The molecule has 1 aliphatic rings. The molecule has 5 heteroatoms. The van der Waals surface area contributed by atoms with Crippen LogP contribution in [0.4, 0.5) is 4.39 Å². The predicted molar refractivity (Wildman–Crippen MR) is 156 cm³/mol. The Morgan fingerprint density at radius 3 is 2.15 bits per heavy atom. The van der Waals surface area contributed by atoms with Crippen LogP contribution in [0.3, 0.4) is 0 Å². The van der Waals surface area contributed by atoms with Crippen LogP contribution in [0.2, 0.25) is 0 Å². The van der Waals surface area contributed by atoms with Gasteiger partial charge in [0, 0.05) is 23.5 Å². The lowest BCUT2D eigenvalue weighted by molar-refractivity contribution is -0.142. The van der Waals surface area contributed by atoms with Crippen LogP contribution >= 0.6 is 0 Å². The van der Waals surface area contributed by atoms with Gasteiger partial charge in [0.1, 0.15) is 0 Å². The van der Waals surface area contributed by atoms with Crippen molar-refractivity contribution >= 4 is 5.97 Å². The lowest BCUT2D eigenvalue weighted by Gasteiger charge is -2.26. The van der Waals surface area contributed by atoms with Gasteiger partial charge in [-0.25, -0.2) is 14.4 Å². The van der Waals surface area contributed by atoms with Crippen molar-refractivity contribution in [1.29, 1.82) is 0 Å². The van der Waals surface area contributed by atoms with E-state index in [-0.39, 0.29) is 23.6 Å². The number of aryl methyl sites for hydroxylation is 1. The predicted octanol–water partition coefficient (Wildman–Crippen LogP) is 9.36. The first-order valence-electron chi connectivity index (χ1n) is 15.0. The van der Waals surface area contributed by atoms with E-state index in [2.05, 4.69) is 48.1 Å². The Morgan fingerprint density at radius 1 is 0.846 bits per heavy atom. The van der Waals surface area contributed by atoms with Gasteiger partial charge in [0.2, 0.25) is 0 Å². The molecule has 4 rings (SSSR count). The molecule has 0 bridgehead atoms. The fourth-order valence-corrected chi connectivity index (χ4v) is 5.53. The highest BCUT2D eigenvalue weighted by Gasteiger charge is 2.30. The minimum Gasteiger partial charge on any atom is -0.423 e. The molecule has 0 radical (unpaired) electrons. The van der Waals surface area contributed by atoms with Crippen LogP contribution < -0.4 is 4.74 Å². The summed E-state index contributed by atoms with van der Waals surface area (Å²) in [5.41, 5.74) is 3.89. The van der Waals surface area contributed by atoms with Crippen molar-refractivity contribution in [3.05, 3.63) is 66.2 Å². The third kappa shape index (κ3) is 8.45. The van der Waals surface area contributed by atoms with Gasteiger partial charge < -0.3 is 4.74 Å². The number of esters is 1. The van der Waals surface area contributed by atoms with Crippen molar-refractivity contribution < 1.29 is 13.9 Å². The zero-order valence-corrected chi connectivity index (χ0v) is 23.6. The maximum absolute atomic E-state index is 14.8. The zero-order valence-electron chi connectivity index (χ0n) is 23.6. The van der Waals surface area contributed by atoms with E-state index in [1.807, 2.05) is 0 Å². The summed E-state index contributed by atoms with van der Waals surface area (Å²) in [6, 6.07) is 13.1. The quantitative estimate of drug-likeness (QED) is 0.125. The van der Waals surface area contributed by atoms with Crippen LogP contribution in [-0.2, 0) is 11.2 Å². The summed E-state index contributed by atoms with van der Waals surface area (Å²) in [5, 5.41) is 0. The maximum Gasteiger partial charge on any atom is 0.314 e. The molecular formula is C34H43FN2O2. The monoisotopic (exact) mass is 530 g/mol. The summed E-state index contributed by atoms with van der Waals surface area (Å²) >= 11 is 0. The van der Waals surface area contributed by atoms with Crippen LogP contribution in [0.15, 0.2) is 54.9 Å². The topological polar surface area (TPSA) is 52.1 Å². The highest BCUT2D eigenvalue weighted by atomic mass is 19.1. The average Bonchev–Trinajstić information content (AvgIpc) is 2.96. The molecule has 39 heavy (non-hydrogen) atoms. The fourth-order valence-electron chi connectivity index (χ4n) is 5.53. The van der Waals surface area contributed by atoms with Gasteiger partial charge in [0.05, 0.1) is 5.92 Å². The van der Waals surface area contributed by atoms with Crippen molar-refractivity contribution in [2.45, 2.75) is 97.3 Å². The second-order valence-electron chi connectivity index (χ2n) is 11.2. The molecule has 1 fully saturated rings. The van der Waals surface area contributed by atoms with Crippen LogP contribution in [0.1, 0.15) is 96.5 Å². The largest absolute Gasteiger partial charge is 0.423 e. The maximum atomic E-state index is 14.8. The van der Waals surface area contributed by atoms with Gasteiger partial charge in [0.15, 0.2) is 17.4 Å². The highest BCUT2D eigenvalue weighted by molar-refractivity contribution is 5.76. The first-order valence-corrected chi connectivity index (χ1v) is 15.0. The number of carbonyl (C=O) groups is 1. The van der Waals surface area contributed by atoms with E-state index in [9.17, 15) is 9.18 Å². The van der Waals surface area contributed by atoms with Crippen LogP contribution in [-0.4, -0.2) is 15.9 Å². The number of unbranched alkanes of at least 4 members (excludes halogenated alkanes) is 7. The number of halogens is 1. The van der Waals surface area contributed by atoms with Gasteiger partial charge in [-0.15, -0.1) is 0 Å². The van der Waals surface area contributed by atoms with Crippen molar-refractivity contribution in [3.8, 4) is 28.3 Å². The third-order valence-corrected chi connectivity index (χ3v) is 8.07. The second kappa shape index (κ2) is 14.9. The van der Waals surface area contributed by atoms with E-state index >= 15 is 0 Å². The Morgan fingerprint density at radius 2 is 1.49 bits per heavy atom. The molecule has 1 aromatic heterocycles. The first kappa shape index (κ1) is 28.9. The summed E-state index contributed by atoms with van der Waals surface area (Å²) in [4.78, 5) is 21.5. The summed E-state index contributed by atoms with van der Waals surface area (Å²) in [6.07, 6.45) is 19.3. The number of aromatic nitrogens is 2. The highest BCUT2D eigenvalue weighted by Crippen LogP contribution is 2.32. The normalized spacial score (nSPS) is 17.2. The van der Waals surface area contributed by atoms with E-state index in [0.717, 1.165) is 43.2 Å². The van der Waals surface area contributed by atoms with E-state index in [4.69, 9.17) is 4.74 Å². The number of ether oxygens (including phenoxy) is 1. The Kier molecular flexibility index (Phi) is 11.1. The Balaban J connectivity index is 1.28. The molecule has 0 N–H and O–H groups in total. The van der Waals surface area contributed by atoms with Gasteiger partial charge in [-0.2, -0.15) is 0 Å². The van der Waals surface area contributed by atoms with E-state index in [1.165, 1.54) is 69.1 Å². The molecule has 1 saturated carbocycles. The fraction of sp³-hybridized carbons (Fsp3) is 0.500. The molecule has 208 valence electrons. The van der Waals surface area contributed by atoms with Gasteiger partial charge in [0.25, 0.3) is 0 Å². The third-order valence-electron chi connectivity index (χ3n) is 8.07. The smallest absolute Gasteiger partial charge is 0.314 e. The van der Waals surface area contributed by atoms with Crippen molar-refractivity contribution in [2.75, 3.05) is 0 Å². The number of rotatable bonds is 13. The molecule has 1 heterocycles. The SMILES string of the molecule is CCCCCCCCCCc1ccc(-c2cnc(-c3ccc(OC(=O)[C@H]4CCCC[C@H]4C)c(F)c3)nc2)cc1. The second-order valence-corrected chi connectivity index (χ2v) is 11.2. The summed E-state index contributed by atoms with van der Waals surface area (Å²) in [6.45, 7) is 4.33. The molecule has 3 aromatic rings. The summed E-state index contributed by atoms with van der Waals surface area (Å²) in [7, 11) is 0. The number of carbonyl (C=O) groups excluding carboxylic acids is 1. The molecule has 0 spiro atoms. The number of hydrogen-bond donors (Lipinski definition) is 0. The Labute approximate surface area is 233 Å².